The van der Waals surface area contributed by atoms with E-state index in [4.69, 9.17) is 0 Å². The summed E-state index contributed by atoms with van der Waals surface area (Å²) in [5.41, 5.74) is 1.32. The molecule has 2 nitrogen and oxygen atoms in total. The molecule has 0 unspecified atom stereocenters. The van der Waals surface area contributed by atoms with Crippen molar-refractivity contribution in [1.82, 2.24) is 9.78 Å². The van der Waals surface area contributed by atoms with Crippen molar-refractivity contribution in [1.29, 1.82) is 0 Å². The zero-order chi connectivity index (χ0) is 9.14. The summed E-state index contributed by atoms with van der Waals surface area (Å²) in [6.45, 7) is 6.49. The second-order valence-corrected chi connectivity index (χ2v) is 4.06. The Morgan fingerprint density at radius 1 is 1.58 bits per heavy atom. The lowest BCUT2D eigenvalue weighted by molar-refractivity contribution is 0.505. The molecule has 0 atom stereocenters. The highest BCUT2D eigenvalue weighted by Gasteiger charge is 2.07. The van der Waals surface area contributed by atoms with E-state index < -0.39 is 0 Å². The summed E-state index contributed by atoms with van der Waals surface area (Å²) in [4.78, 5) is 0. The van der Waals surface area contributed by atoms with E-state index in [9.17, 15) is 0 Å². The van der Waals surface area contributed by atoms with Gasteiger partial charge >= 0.3 is 0 Å². The van der Waals surface area contributed by atoms with Crippen LogP contribution in [-0.2, 0) is 6.42 Å². The van der Waals surface area contributed by atoms with E-state index in [1.807, 2.05) is 0 Å². The van der Waals surface area contributed by atoms with Gasteiger partial charge in [-0.1, -0.05) is 13.3 Å². The molecule has 1 aromatic rings. The van der Waals surface area contributed by atoms with Crippen molar-refractivity contribution in [2.24, 2.45) is 0 Å². The van der Waals surface area contributed by atoms with Crippen LogP contribution in [0.15, 0.2) is 10.7 Å². The summed E-state index contributed by atoms with van der Waals surface area (Å²) in [5.74, 6) is 0. The van der Waals surface area contributed by atoms with Crippen molar-refractivity contribution in [2.45, 2.75) is 39.7 Å². The number of aryl methyl sites for hydroxylation is 1. The molecule has 1 aromatic heterocycles. The van der Waals surface area contributed by atoms with Crippen molar-refractivity contribution in [2.75, 3.05) is 0 Å². The number of hydrogen-bond acceptors (Lipinski definition) is 1. The van der Waals surface area contributed by atoms with Crippen LogP contribution >= 0.6 is 15.9 Å². The molecule has 1 rings (SSSR count). The van der Waals surface area contributed by atoms with Crippen LogP contribution in [-0.4, -0.2) is 9.78 Å². The average molecular weight is 231 g/mol. The van der Waals surface area contributed by atoms with Gasteiger partial charge in [-0.25, -0.2) is 0 Å². The molecule has 12 heavy (non-hydrogen) atoms. The summed E-state index contributed by atoms with van der Waals surface area (Å²) >= 11 is 3.39. The Bertz CT molecular complexity index is 253. The second kappa shape index (κ2) is 4.08. The Balaban J connectivity index is 2.92. The minimum atomic E-state index is 0.456. The van der Waals surface area contributed by atoms with E-state index in [1.54, 1.807) is 0 Å². The molecule has 0 aromatic carbocycles. The molecule has 0 saturated heterocycles. The van der Waals surface area contributed by atoms with Crippen molar-refractivity contribution in [3.8, 4) is 0 Å². The predicted molar refractivity (Wildman–Crippen MR) is 54.3 cm³/mol. The molecule has 0 aliphatic carbocycles. The topological polar surface area (TPSA) is 17.8 Å². The van der Waals surface area contributed by atoms with E-state index in [1.165, 1.54) is 12.1 Å². The van der Waals surface area contributed by atoms with Gasteiger partial charge in [0.15, 0.2) is 0 Å². The monoisotopic (exact) mass is 230 g/mol. The third-order valence-electron chi connectivity index (χ3n) is 1.78. The Labute approximate surface area is 82.1 Å². The molecule has 0 aliphatic heterocycles. The van der Waals surface area contributed by atoms with Gasteiger partial charge in [0.05, 0.1) is 0 Å². The highest BCUT2D eigenvalue weighted by Crippen LogP contribution is 2.16. The summed E-state index contributed by atoms with van der Waals surface area (Å²) in [5, 5.41) is 4.36. The predicted octanol–water partition coefficient (Wildman–Crippen LogP) is 3.18. The van der Waals surface area contributed by atoms with E-state index >= 15 is 0 Å². The normalized spacial score (nSPS) is 11.1. The average Bonchev–Trinajstić information content (AvgIpc) is 2.32. The number of halogens is 1. The van der Waals surface area contributed by atoms with Crippen LogP contribution in [0.5, 0.6) is 0 Å². The van der Waals surface area contributed by atoms with Gasteiger partial charge < -0.3 is 0 Å². The quantitative estimate of drug-likeness (QED) is 0.781. The first-order valence-corrected chi connectivity index (χ1v) is 5.18. The zero-order valence-corrected chi connectivity index (χ0v) is 9.43. The molecule has 0 amide bonds. The third kappa shape index (κ3) is 2.09. The lowest BCUT2D eigenvalue weighted by Gasteiger charge is -2.09. The Kier molecular flexibility index (Phi) is 3.32. The Hall–Kier alpha value is -0.310. The van der Waals surface area contributed by atoms with Gasteiger partial charge in [0.2, 0.25) is 0 Å². The summed E-state index contributed by atoms with van der Waals surface area (Å²) in [6, 6.07) is 2.56. The van der Waals surface area contributed by atoms with Gasteiger partial charge in [-0.05, 0) is 42.3 Å². The molecule has 0 aliphatic rings. The van der Waals surface area contributed by atoms with Gasteiger partial charge in [0, 0.05) is 11.7 Å². The molecule has 68 valence electrons. The first-order chi connectivity index (χ1) is 5.65. The molecular weight excluding hydrogens is 216 g/mol. The van der Waals surface area contributed by atoms with Gasteiger partial charge in [-0.2, -0.15) is 5.10 Å². The van der Waals surface area contributed by atoms with Crippen LogP contribution < -0.4 is 0 Å². The minimum absolute atomic E-state index is 0.456. The van der Waals surface area contributed by atoms with E-state index in [2.05, 4.69) is 52.5 Å². The van der Waals surface area contributed by atoms with Crippen LogP contribution in [0.3, 0.4) is 0 Å². The zero-order valence-electron chi connectivity index (χ0n) is 7.84. The lowest BCUT2D eigenvalue weighted by atomic mass is 10.2. The molecule has 3 heteroatoms. The summed E-state index contributed by atoms with van der Waals surface area (Å²) in [6.07, 6.45) is 2.28. The van der Waals surface area contributed by atoms with Crippen molar-refractivity contribution >= 4 is 15.9 Å². The molecule has 0 spiro atoms. The molecule has 0 radical (unpaired) electrons. The highest BCUT2D eigenvalue weighted by molar-refractivity contribution is 9.10. The molecule has 0 saturated carbocycles. The van der Waals surface area contributed by atoms with E-state index in [0.717, 1.165) is 11.0 Å². The first kappa shape index (κ1) is 9.78. The van der Waals surface area contributed by atoms with Crippen molar-refractivity contribution in [3.05, 3.63) is 16.4 Å². The number of aromatic nitrogens is 2. The highest BCUT2D eigenvalue weighted by atomic mass is 79.9. The summed E-state index contributed by atoms with van der Waals surface area (Å²) in [7, 11) is 0. The largest absolute Gasteiger partial charge is 0.266 e. The Morgan fingerprint density at radius 3 is 2.75 bits per heavy atom. The molecular formula is C9H15BrN2. The standard InChI is InChI=1S/C9H15BrN2/c1-4-5-8-6-9(10)11-12(8)7(2)3/h6-7H,4-5H2,1-3H3. The molecule has 0 N–H and O–H groups in total. The number of hydrogen-bond donors (Lipinski definition) is 0. The second-order valence-electron chi connectivity index (χ2n) is 3.25. The molecule has 0 fully saturated rings. The van der Waals surface area contributed by atoms with Crippen molar-refractivity contribution < 1.29 is 0 Å². The maximum absolute atomic E-state index is 4.36. The third-order valence-corrected chi connectivity index (χ3v) is 2.17. The molecule has 1 heterocycles. The van der Waals surface area contributed by atoms with Gasteiger partial charge in [-0.3, -0.25) is 4.68 Å². The van der Waals surface area contributed by atoms with Crippen LogP contribution in [0.4, 0.5) is 0 Å². The van der Waals surface area contributed by atoms with Crippen LogP contribution in [0.2, 0.25) is 0 Å². The first-order valence-electron chi connectivity index (χ1n) is 4.39. The minimum Gasteiger partial charge on any atom is -0.266 e. The van der Waals surface area contributed by atoms with Gasteiger partial charge in [0.25, 0.3) is 0 Å². The van der Waals surface area contributed by atoms with Gasteiger partial charge in [0.1, 0.15) is 4.60 Å². The number of rotatable bonds is 3. The van der Waals surface area contributed by atoms with E-state index in [0.29, 0.717) is 6.04 Å². The van der Waals surface area contributed by atoms with Crippen LogP contribution in [0, 0.1) is 0 Å². The van der Waals surface area contributed by atoms with Gasteiger partial charge in [-0.15, -0.1) is 0 Å². The summed E-state index contributed by atoms with van der Waals surface area (Å²) < 4.78 is 3.02. The smallest absolute Gasteiger partial charge is 0.128 e. The molecule has 0 bridgehead atoms. The SMILES string of the molecule is CCCc1cc(Br)nn1C(C)C. The maximum atomic E-state index is 4.36. The fourth-order valence-electron chi connectivity index (χ4n) is 1.29. The lowest BCUT2D eigenvalue weighted by Crippen LogP contribution is -2.06. The van der Waals surface area contributed by atoms with E-state index in [-0.39, 0.29) is 0 Å². The maximum Gasteiger partial charge on any atom is 0.128 e. The number of nitrogens with zero attached hydrogens (tertiary/aromatic N) is 2. The van der Waals surface area contributed by atoms with Crippen molar-refractivity contribution in [3.63, 3.8) is 0 Å². The fraction of sp³-hybridized carbons (Fsp3) is 0.667. The van der Waals surface area contributed by atoms with Crippen LogP contribution in [0.25, 0.3) is 0 Å². The Morgan fingerprint density at radius 2 is 2.25 bits per heavy atom. The fourth-order valence-corrected chi connectivity index (χ4v) is 1.72. The van der Waals surface area contributed by atoms with Crippen LogP contribution in [0.1, 0.15) is 38.9 Å².